The molecule has 0 aliphatic rings. The Bertz CT molecular complexity index is 2400. The van der Waals surface area contributed by atoms with Gasteiger partial charge in [-0.2, -0.15) is 127 Å². The molecule has 0 aliphatic carbocycles. The van der Waals surface area contributed by atoms with Gasteiger partial charge in [-0.15, -0.1) is 0 Å². The van der Waals surface area contributed by atoms with Crippen molar-refractivity contribution in [3.05, 3.63) is 147 Å². The number of aromatic nitrogens is 1. The maximum atomic E-state index is 14.2. The number of hydrogen-bond acceptors (Lipinski definition) is 2. The molecule has 380 valence electrons. The number of thiazole rings is 1. The summed E-state index contributed by atoms with van der Waals surface area (Å²) in [6.45, 7) is 4.05. The molecule has 0 radical (unpaired) electrons. The lowest BCUT2D eigenvalue weighted by atomic mass is 9.12. The Morgan fingerprint density at radius 1 is 0.371 bits per heavy atom. The standard InChI is InChI=1S/C32H12BF24.C10H12NOS/c34-25(35,36)13-1-14(26(37,38)39)6-21(5-13)33(22-7-15(27(40,41)42)2-16(8-22)28(43,44)45,23-9-17(29(46,47)48)3-18(10-23)30(49,50)51)24-11-19(31(52,53)54)4-20(12-24)32(55,56)57;1-8(2)12-11-7-13-10-6-4-3-5-9(10)11/h1-12H;3-8H,1-2H3/q-1;+1. The van der Waals surface area contributed by atoms with Gasteiger partial charge in [0, 0.05) is 10.8 Å². The molecule has 0 spiro atoms. The molecule has 6 rings (SSSR count). The number of alkyl halides is 24. The summed E-state index contributed by atoms with van der Waals surface area (Å²) in [6, 6.07) is -0.586. The van der Waals surface area contributed by atoms with Gasteiger partial charge in [0.2, 0.25) is 0 Å². The highest BCUT2D eigenvalue weighted by Gasteiger charge is 2.47. The zero-order chi connectivity index (χ0) is 53.2. The van der Waals surface area contributed by atoms with E-state index in [2.05, 4.69) is 12.1 Å². The van der Waals surface area contributed by atoms with Gasteiger partial charge in [0.25, 0.3) is 11.0 Å². The number of fused-ring (bicyclic) bond motifs is 1. The lowest BCUT2D eigenvalue weighted by molar-refractivity contribution is -0.875. The number of para-hydroxylation sites is 1. The van der Waals surface area contributed by atoms with E-state index in [1.165, 1.54) is 4.70 Å². The molecule has 0 bridgehead atoms. The van der Waals surface area contributed by atoms with E-state index in [1.54, 1.807) is 11.3 Å². The second-order valence-electron chi connectivity index (χ2n) is 15.4. The summed E-state index contributed by atoms with van der Waals surface area (Å²) in [4.78, 5) is 5.59. The monoisotopic (exact) mass is 1060 g/mol. The highest BCUT2D eigenvalue weighted by molar-refractivity contribution is 7.20. The molecular weight excluding hydrogens is 1030 g/mol. The average Bonchev–Trinajstić information content (AvgIpc) is 3.60. The Kier molecular flexibility index (Phi) is 14.5. The second kappa shape index (κ2) is 18.4. The minimum atomic E-state index is -6.13. The fourth-order valence-electron chi connectivity index (χ4n) is 7.28. The summed E-state index contributed by atoms with van der Waals surface area (Å²) in [7, 11) is 0. The van der Waals surface area contributed by atoms with Gasteiger partial charge in [0.15, 0.2) is 6.10 Å². The molecular formula is C42H24BF24NOS. The summed E-state index contributed by atoms with van der Waals surface area (Å²) < 4.78 is 344. The van der Waals surface area contributed by atoms with E-state index in [4.69, 9.17) is 4.84 Å². The van der Waals surface area contributed by atoms with E-state index in [1.807, 2.05) is 36.2 Å². The summed E-state index contributed by atoms with van der Waals surface area (Å²) in [5, 5.41) is 0. The molecule has 0 saturated carbocycles. The first kappa shape index (κ1) is 55.1. The topological polar surface area (TPSA) is 13.1 Å². The van der Waals surface area contributed by atoms with Gasteiger partial charge in [-0.05, 0) is 44.2 Å². The molecule has 0 atom stereocenters. The molecule has 1 heterocycles. The number of nitrogens with zero attached hydrogens (tertiary/aromatic N) is 1. The van der Waals surface area contributed by atoms with Crippen LogP contribution in [0.1, 0.15) is 58.4 Å². The van der Waals surface area contributed by atoms with Crippen molar-refractivity contribution in [2.24, 2.45) is 0 Å². The van der Waals surface area contributed by atoms with Crippen LogP contribution in [-0.4, -0.2) is 12.2 Å². The summed E-state index contributed by atoms with van der Waals surface area (Å²) in [6.07, 6.45) is -54.6. The van der Waals surface area contributed by atoms with Crippen LogP contribution in [-0.2, 0) is 49.4 Å². The maximum Gasteiger partial charge on any atom is 0.416 e. The first-order valence-electron chi connectivity index (χ1n) is 18.9. The van der Waals surface area contributed by atoms with E-state index in [0.29, 0.717) is 0 Å². The molecule has 28 heteroatoms. The van der Waals surface area contributed by atoms with Gasteiger partial charge in [-0.3, -0.25) is 4.84 Å². The van der Waals surface area contributed by atoms with Crippen molar-refractivity contribution < 1.29 is 115 Å². The zero-order valence-electron chi connectivity index (χ0n) is 34.3. The van der Waals surface area contributed by atoms with Gasteiger partial charge in [0.1, 0.15) is 10.8 Å². The van der Waals surface area contributed by atoms with Crippen LogP contribution < -0.4 is 31.4 Å². The third-order valence-corrected chi connectivity index (χ3v) is 11.0. The van der Waals surface area contributed by atoms with Crippen LogP contribution in [0.15, 0.2) is 103 Å². The lowest BCUT2D eigenvalue weighted by Crippen LogP contribution is -2.75. The lowest BCUT2D eigenvalue weighted by Gasteiger charge is -2.46. The zero-order valence-corrected chi connectivity index (χ0v) is 35.1. The molecule has 1 aromatic heterocycles. The van der Waals surface area contributed by atoms with Crippen molar-refractivity contribution >= 4 is 49.6 Å². The summed E-state index contributed by atoms with van der Waals surface area (Å²) in [5.74, 6) is 0. The molecule has 0 aliphatic heterocycles. The van der Waals surface area contributed by atoms with Crippen molar-refractivity contribution in [3.63, 3.8) is 0 Å². The Morgan fingerprint density at radius 3 is 0.814 bits per heavy atom. The van der Waals surface area contributed by atoms with Crippen LogP contribution in [0.5, 0.6) is 0 Å². The largest absolute Gasteiger partial charge is 0.416 e. The molecule has 5 aromatic carbocycles. The van der Waals surface area contributed by atoms with Crippen molar-refractivity contribution in [2.75, 3.05) is 0 Å². The molecule has 0 saturated heterocycles. The third-order valence-electron chi connectivity index (χ3n) is 10.1. The van der Waals surface area contributed by atoms with Crippen molar-refractivity contribution in [2.45, 2.75) is 69.4 Å². The van der Waals surface area contributed by atoms with Crippen LogP contribution in [0.4, 0.5) is 105 Å². The van der Waals surface area contributed by atoms with E-state index in [-0.39, 0.29) is 6.10 Å². The molecule has 70 heavy (non-hydrogen) atoms. The van der Waals surface area contributed by atoms with Crippen molar-refractivity contribution in [1.82, 2.24) is 0 Å². The van der Waals surface area contributed by atoms with Crippen LogP contribution in [0, 0.1) is 0 Å². The van der Waals surface area contributed by atoms with E-state index in [9.17, 15) is 105 Å². The smallest absolute Gasteiger partial charge is 0.267 e. The number of halogens is 24. The van der Waals surface area contributed by atoms with Crippen LogP contribution >= 0.6 is 11.3 Å². The summed E-state index contributed by atoms with van der Waals surface area (Å²) >= 11 is 1.69. The molecule has 2 nitrogen and oxygen atoms in total. The SMILES string of the molecule is CC(C)O[n+]1csc2ccccc21.FC(F)(F)c1cc([B-](c2cc(C(F)(F)F)cc(C(F)(F)F)c2)(c2cc(C(F)(F)F)cc(C(F)(F)F)c2)c2cc(C(F)(F)F)cc(C(F)(F)F)c2)cc(C(F)(F)F)c1. The second-order valence-corrected chi connectivity index (χ2v) is 16.3. The van der Waals surface area contributed by atoms with Gasteiger partial charge in [0.05, 0.1) is 44.5 Å². The van der Waals surface area contributed by atoms with Crippen LogP contribution in [0.2, 0.25) is 0 Å². The number of rotatable bonds is 6. The average molecular weight is 1060 g/mol. The molecule has 0 amide bonds. The van der Waals surface area contributed by atoms with Crippen LogP contribution in [0.3, 0.4) is 0 Å². The fraction of sp³-hybridized carbons (Fsp3) is 0.262. The first-order chi connectivity index (χ1) is 31.5. The Morgan fingerprint density at radius 2 is 0.600 bits per heavy atom. The number of benzene rings is 5. The molecule has 0 N–H and O–H groups in total. The molecule has 6 aromatic rings. The highest BCUT2D eigenvalue weighted by atomic mass is 32.1. The van der Waals surface area contributed by atoms with Gasteiger partial charge < -0.3 is 0 Å². The van der Waals surface area contributed by atoms with Crippen LogP contribution in [0.25, 0.3) is 10.2 Å². The minimum absolute atomic E-state index is 0.211. The Hall–Kier alpha value is -5.83. The predicted octanol–water partition coefficient (Wildman–Crippen LogP) is 13.2. The Balaban J connectivity index is 0.000000600. The Labute approximate surface area is 380 Å². The molecule has 0 unspecified atom stereocenters. The minimum Gasteiger partial charge on any atom is -0.267 e. The first-order valence-corrected chi connectivity index (χ1v) is 19.8. The maximum absolute atomic E-state index is 14.2. The number of hydrogen-bond donors (Lipinski definition) is 0. The summed E-state index contributed by atoms with van der Waals surface area (Å²) in [5.41, 5.74) is -27.1. The van der Waals surface area contributed by atoms with Gasteiger partial charge in [-0.1, -0.05) is 72.0 Å². The van der Waals surface area contributed by atoms with Crippen molar-refractivity contribution in [3.8, 4) is 0 Å². The molecule has 0 fully saturated rings. The van der Waals surface area contributed by atoms with Gasteiger partial charge in [-0.25, -0.2) is 0 Å². The predicted molar refractivity (Wildman–Crippen MR) is 204 cm³/mol. The van der Waals surface area contributed by atoms with E-state index < -0.39 is 195 Å². The quantitative estimate of drug-likeness (QED) is 0.0920. The highest BCUT2D eigenvalue weighted by Crippen LogP contribution is 2.41. The fourth-order valence-corrected chi connectivity index (χ4v) is 8.09. The van der Waals surface area contributed by atoms with Gasteiger partial charge >= 0.3 is 49.4 Å². The van der Waals surface area contributed by atoms with E-state index >= 15 is 0 Å². The third kappa shape index (κ3) is 12.2. The normalized spacial score (nSPS) is 13.7. The van der Waals surface area contributed by atoms with E-state index in [0.717, 1.165) is 5.52 Å². The van der Waals surface area contributed by atoms with Crippen molar-refractivity contribution in [1.29, 1.82) is 0 Å².